The summed E-state index contributed by atoms with van der Waals surface area (Å²) in [7, 11) is 1.70. The third-order valence-electron chi connectivity index (χ3n) is 4.81. The van der Waals surface area contributed by atoms with Crippen LogP contribution < -0.4 is 11.1 Å². The normalized spacial score (nSPS) is 26.7. The fourth-order valence-corrected chi connectivity index (χ4v) is 3.34. The number of rotatable bonds is 4. The quantitative estimate of drug-likeness (QED) is 0.878. The molecular formula is C16H22N2O2. The number of hydrogen-bond donors (Lipinski definition) is 2. The molecule has 4 nitrogen and oxygen atoms in total. The molecule has 4 heteroatoms. The molecule has 1 aromatic carbocycles. The molecule has 0 spiro atoms. The summed E-state index contributed by atoms with van der Waals surface area (Å²) in [4.78, 5) is 12.2. The maximum absolute atomic E-state index is 12.2. The summed E-state index contributed by atoms with van der Waals surface area (Å²) < 4.78 is 5.51. The van der Waals surface area contributed by atoms with Gasteiger partial charge in [0.25, 0.3) is 0 Å². The smallest absolute Gasteiger partial charge is 0.223 e. The molecule has 0 radical (unpaired) electrons. The largest absolute Gasteiger partial charge is 0.378 e. The van der Waals surface area contributed by atoms with E-state index in [0.717, 1.165) is 31.2 Å². The van der Waals surface area contributed by atoms with Gasteiger partial charge in [-0.15, -0.1) is 0 Å². The Morgan fingerprint density at radius 1 is 1.45 bits per heavy atom. The van der Waals surface area contributed by atoms with Crippen molar-refractivity contribution in [2.24, 2.45) is 5.73 Å². The molecule has 2 aliphatic rings. The number of amides is 1. The van der Waals surface area contributed by atoms with E-state index in [-0.39, 0.29) is 23.6 Å². The van der Waals surface area contributed by atoms with Gasteiger partial charge in [-0.2, -0.15) is 0 Å². The second kappa shape index (κ2) is 5.19. The van der Waals surface area contributed by atoms with Crippen molar-refractivity contribution in [1.29, 1.82) is 0 Å². The highest BCUT2D eigenvalue weighted by Gasteiger charge is 2.40. The maximum atomic E-state index is 12.2. The van der Waals surface area contributed by atoms with Crippen LogP contribution >= 0.6 is 0 Å². The zero-order valence-electron chi connectivity index (χ0n) is 11.9. The summed E-state index contributed by atoms with van der Waals surface area (Å²) in [6, 6.07) is 8.06. The van der Waals surface area contributed by atoms with Gasteiger partial charge in [0, 0.05) is 7.11 Å². The molecule has 1 saturated carbocycles. The van der Waals surface area contributed by atoms with E-state index < -0.39 is 0 Å². The number of fused-ring (bicyclic) bond motifs is 1. The highest BCUT2D eigenvalue weighted by atomic mass is 16.5. The van der Waals surface area contributed by atoms with Crippen LogP contribution in [0.1, 0.15) is 42.9 Å². The Hall–Kier alpha value is -1.39. The second-order valence-corrected chi connectivity index (χ2v) is 6.02. The van der Waals surface area contributed by atoms with Gasteiger partial charge in [0.05, 0.1) is 24.1 Å². The number of ether oxygens (including phenoxy) is 1. The second-order valence-electron chi connectivity index (χ2n) is 6.02. The van der Waals surface area contributed by atoms with Gasteiger partial charge in [-0.05, 0) is 36.8 Å². The fraction of sp³-hybridized carbons (Fsp3) is 0.562. The maximum Gasteiger partial charge on any atom is 0.223 e. The lowest BCUT2D eigenvalue weighted by molar-refractivity contribution is -0.135. The number of carbonyl (C=O) groups is 1. The molecule has 2 aliphatic carbocycles. The van der Waals surface area contributed by atoms with E-state index in [0.29, 0.717) is 6.42 Å². The van der Waals surface area contributed by atoms with E-state index >= 15 is 0 Å². The van der Waals surface area contributed by atoms with Gasteiger partial charge in [0.2, 0.25) is 5.91 Å². The Balaban J connectivity index is 1.61. The predicted octanol–water partition coefficient (Wildman–Crippen LogP) is 1.69. The van der Waals surface area contributed by atoms with Crippen molar-refractivity contribution in [2.75, 3.05) is 7.11 Å². The van der Waals surface area contributed by atoms with Crippen molar-refractivity contribution in [3.8, 4) is 0 Å². The molecule has 0 bridgehead atoms. The van der Waals surface area contributed by atoms with Gasteiger partial charge in [0.1, 0.15) is 0 Å². The van der Waals surface area contributed by atoms with Crippen LogP contribution in [0.3, 0.4) is 0 Å². The van der Waals surface area contributed by atoms with Crippen molar-refractivity contribution in [2.45, 2.75) is 49.8 Å². The van der Waals surface area contributed by atoms with E-state index in [2.05, 4.69) is 17.4 Å². The molecule has 1 amide bonds. The Bertz CT molecular complexity index is 505. The summed E-state index contributed by atoms with van der Waals surface area (Å²) in [5.41, 5.74) is 8.41. The zero-order valence-corrected chi connectivity index (χ0v) is 11.9. The minimum absolute atomic E-state index is 0.00822. The molecule has 3 N–H and O–H groups in total. The van der Waals surface area contributed by atoms with Gasteiger partial charge in [-0.1, -0.05) is 24.3 Å². The minimum atomic E-state index is -0.223. The van der Waals surface area contributed by atoms with Crippen LogP contribution in [-0.2, 0) is 16.0 Å². The first-order chi connectivity index (χ1) is 9.63. The highest BCUT2D eigenvalue weighted by molar-refractivity contribution is 5.78. The molecule has 2 atom stereocenters. The van der Waals surface area contributed by atoms with Crippen LogP contribution in [0.15, 0.2) is 24.3 Å². The summed E-state index contributed by atoms with van der Waals surface area (Å²) in [5.74, 6) is 0.0554. The predicted molar refractivity (Wildman–Crippen MR) is 77.2 cm³/mol. The van der Waals surface area contributed by atoms with E-state index in [1.54, 1.807) is 7.11 Å². The fourth-order valence-electron chi connectivity index (χ4n) is 3.34. The minimum Gasteiger partial charge on any atom is -0.378 e. The van der Waals surface area contributed by atoms with Gasteiger partial charge >= 0.3 is 0 Å². The Morgan fingerprint density at radius 3 is 2.80 bits per heavy atom. The average Bonchev–Trinajstić information content (AvgIpc) is 2.71. The van der Waals surface area contributed by atoms with Gasteiger partial charge in [-0.25, -0.2) is 0 Å². The summed E-state index contributed by atoms with van der Waals surface area (Å²) in [6.07, 6.45) is 4.38. The van der Waals surface area contributed by atoms with E-state index in [4.69, 9.17) is 10.5 Å². The number of benzene rings is 1. The summed E-state index contributed by atoms with van der Waals surface area (Å²) >= 11 is 0. The molecule has 108 valence electrons. The molecule has 1 aromatic rings. The number of nitrogens with one attached hydrogen (secondary N) is 1. The van der Waals surface area contributed by atoms with E-state index in [9.17, 15) is 4.79 Å². The molecular weight excluding hydrogens is 252 g/mol. The number of carbonyl (C=O) groups excluding carboxylic acids is 1. The Labute approximate surface area is 119 Å². The lowest BCUT2D eigenvalue weighted by atomic mass is 9.77. The first kappa shape index (κ1) is 13.6. The monoisotopic (exact) mass is 274 g/mol. The molecule has 0 aliphatic heterocycles. The van der Waals surface area contributed by atoms with Gasteiger partial charge in [0.15, 0.2) is 0 Å². The molecule has 20 heavy (non-hydrogen) atoms. The topological polar surface area (TPSA) is 64.3 Å². The number of methoxy groups -OCH3 is 1. The van der Waals surface area contributed by atoms with Crippen LogP contribution in [0.5, 0.6) is 0 Å². The third-order valence-corrected chi connectivity index (χ3v) is 4.81. The molecule has 0 heterocycles. The Kier molecular flexibility index (Phi) is 3.52. The van der Waals surface area contributed by atoms with Crippen LogP contribution in [0.4, 0.5) is 0 Å². The van der Waals surface area contributed by atoms with Crippen molar-refractivity contribution in [3.05, 3.63) is 35.4 Å². The van der Waals surface area contributed by atoms with Crippen molar-refractivity contribution in [3.63, 3.8) is 0 Å². The summed E-state index contributed by atoms with van der Waals surface area (Å²) in [6.45, 7) is 0. The number of nitrogens with two attached hydrogens (primary N) is 1. The highest BCUT2D eigenvalue weighted by Crippen LogP contribution is 2.38. The molecule has 0 saturated heterocycles. The first-order valence-corrected chi connectivity index (χ1v) is 7.31. The summed E-state index contributed by atoms with van der Waals surface area (Å²) in [5, 5.41) is 3.09. The van der Waals surface area contributed by atoms with Crippen molar-refractivity contribution < 1.29 is 9.53 Å². The van der Waals surface area contributed by atoms with Gasteiger partial charge < -0.3 is 15.8 Å². The zero-order chi connectivity index (χ0) is 14.2. The molecule has 3 rings (SSSR count). The van der Waals surface area contributed by atoms with Gasteiger partial charge in [-0.3, -0.25) is 4.79 Å². The SMILES string of the molecule is COC1(CC(=O)N[C@@H]2Cc3ccccc3[C@H]2N)CCC1. The lowest BCUT2D eigenvalue weighted by Crippen LogP contribution is -2.47. The van der Waals surface area contributed by atoms with Crippen molar-refractivity contribution in [1.82, 2.24) is 5.32 Å². The van der Waals surface area contributed by atoms with Crippen molar-refractivity contribution >= 4 is 5.91 Å². The molecule has 1 fully saturated rings. The van der Waals surface area contributed by atoms with Crippen LogP contribution in [-0.4, -0.2) is 24.7 Å². The first-order valence-electron chi connectivity index (χ1n) is 7.31. The Morgan fingerprint density at radius 2 is 2.20 bits per heavy atom. The van der Waals surface area contributed by atoms with Crippen LogP contribution in [0.25, 0.3) is 0 Å². The van der Waals surface area contributed by atoms with E-state index in [1.165, 1.54) is 5.56 Å². The van der Waals surface area contributed by atoms with Crippen LogP contribution in [0, 0.1) is 0 Å². The lowest BCUT2D eigenvalue weighted by Gasteiger charge is -2.40. The third kappa shape index (κ3) is 2.34. The molecule has 0 aromatic heterocycles. The molecule has 0 unspecified atom stereocenters. The van der Waals surface area contributed by atoms with E-state index in [1.807, 2.05) is 12.1 Å². The van der Waals surface area contributed by atoms with Crippen LogP contribution in [0.2, 0.25) is 0 Å². The number of hydrogen-bond acceptors (Lipinski definition) is 3. The average molecular weight is 274 g/mol. The standard InChI is InChI=1S/C16H22N2O2/c1-20-16(7-4-8-16)10-14(19)18-13-9-11-5-2-3-6-12(11)15(13)17/h2-3,5-6,13,15H,4,7-10,17H2,1H3,(H,18,19)/t13-,15-/m1/s1.